The zero-order chi connectivity index (χ0) is 14.3. The van der Waals surface area contributed by atoms with Crippen LogP contribution in [0.3, 0.4) is 0 Å². The zero-order valence-corrected chi connectivity index (χ0v) is 13.1. The highest BCUT2D eigenvalue weighted by molar-refractivity contribution is 8.00. The third kappa shape index (κ3) is 5.33. The Morgan fingerprint density at radius 3 is 2.53 bits per heavy atom. The van der Waals surface area contributed by atoms with Crippen molar-refractivity contribution in [3.8, 4) is 0 Å². The first-order valence-corrected chi connectivity index (χ1v) is 7.90. The molecule has 0 spiro atoms. The summed E-state index contributed by atoms with van der Waals surface area (Å²) >= 11 is 7.53. The van der Waals surface area contributed by atoms with Crippen molar-refractivity contribution in [2.45, 2.75) is 31.6 Å². The molecule has 1 aromatic carbocycles. The van der Waals surface area contributed by atoms with E-state index in [4.69, 9.17) is 17.3 Å². The van der Waals surface area contributed by atoms with Gasteiger partial charge in [-0.1, -0.05) is 25.4 Å². The highest BCUT2D eigenvalue weighted by Crippen LogP contribution is 2.29. The van der Waals surface area contributed by atoms with Crippen molar-refractivity contribution in [2.75, 3.05) is 24.6 Å². The molecule has 2 N–H and O–H groups in total. The van der Waals surface area contributed by atoms with E-state index in [1.165, 1.54) is 11.8 Å². The summed E-state index contributed by atoms with van der Waals surface area (Å²) in [5.41, 5.74) is 6.39. The maximum atomic E-state index is 12.1. The van der Waals surface area contributed by atoms with Gasteiger partial charge in [0.1, 0.15) is 0 Å². The van der Waals surface area contributed by atoms with Crippen molar-refractivity contribution >= 4 is 35.0 Å². The standard InChI is InChI=1S/C14H21ClN2OS/c1-3-7-17(8-4-2)14(18)10-19-13-9-11(16)5-6-12(13)15/h5-6,9H,3-4,7-8,10,16H2,1-2H3. The molecule has 0 bridgehead atoms. The lowest BCUT2D eigenvalue weighted by molar-refractivity contribution is -0.128. The van der Waals surface area contributed by atoms with Crippen LogP contribution < -0.4 is 5.73 Å². The van der Waals surface area contributed by atoms with E-state index < -0.39 is 0 Å². The van der Waals surface area contributed by atoms with Crippen LogP contribution in [-0.4, -0.2) is 29.6 Å². The lowest BCUT2D eigenvalue weighted by Crippen LogP contribution is -2.33. The SMILES string of the molecule is CCCN(CCC)C(=O)CSc1cc(N)ccc1Cl. The number of benzene rings is 1. The fourth-order valence-electron chi connectivity index (χ4n) is 1.76. The molecule has 0 saturated heterocycles. The number of thioether (sulfide) groups is 1. The van der Waals surface area contributed by atoms with E-state index in [9.17, 15) is 4.79 Å². The second-order valence-electron chi connectivity index (χ2n) is 4.36. The lowest BCUT2D eigenvalue weighted by atomic mass is 10.3. The minimum absolute atomic E-state index is 0.159. The normalized spacial score (nSPS) is 10.5. The molecule has 0 heterocycles. The fraction of sp³-hybridized carbons (Fsp3) is 0.500. The molecular weight excluding hydrogens is 280 g/mol. The van der Waals surface area contributed by atoms with Crippen LogP contribution in [0.15, 0.2) is 23.1 Å². The van der Waals surface area contributed by atoms with E-state index in [1.54, 1.807) is 12.1 Å². The van der Waals surface area contributed by atoms with E-state index in [0.717, 1.165) is 30.8 Å². The Morgan fingerprint density at radius 1 is 1.32 bits per heavy atom. The van der Waals surface area contributed by atoms with Crippen molar-refractivity contribution in [1.82, 2.24) is 4.90 Å². The molecule has 0 saturated carbocycles. The molecule has 5 heteroatoms. The van der Waals surface area contributed by atoms with E-state index in [-0.39, 0.29) is 5.91 Å². The zero-order valence-electron chi connectivity index (χ0n) is 11.5. The van der Waals surface area contributed by atoms with Gasteiger partial charge in [0, 0.05) is 23.7 Å². The smallest absolute Gasteiger partial charge is 0.232 e. The second kappa shape index (κ2) is 8.33. The molecular formula is C14H21ClN2OS. The third-order valence-corrected chi connectivity index (χ3v) is 4.13. The van der Waals surface area contributed by atoms with Crippen LogP contribution in [0.5, 0.6) is 0 Å². The highest BCUT2D eigenvalue weighted by atomic mass is 35.5. The second-order valence-corrected chi connectivity index (χ2v) is 5.78. The molecule has 0 atom stereocenters. The van der Waals surface area contributed by atoms with E-state index >= 15 is 0 Å². The summed E-state index contributed by atoms with van der Waals surface area (Å²) in [5.74, 6) is 0.565. The van der Waals surface area contributed by atoms with Gasteiger partial charge in [-0.25, -0.2) is 0 Å². The summed E-state index contributed by atoms with van der Waals surface area (Å²) in [4.78, 5) is 14.9. The average molecular weight is 301 g/mol. The number of hydrogen-bond acceptors (Lipinski definition) is 3. The predicted molar refractivity (Wildman–Crippen MR) is 83.8 cm³/mol. The summed E-state index contributed by atoms with van der Waals surface area (Å²) in [5, 5.41) is 0.643. The van der Waals surface area contributed by atoms with Crippen LogP contribution in [0.1, 0.15) is 26.7 Å². The van der Waals surface area contributed by atoms with E-state index in [0.29, 0.717) is 16.5 Å². The van der Waals surface area contributed by atoms with Crippen LogP contribution in [0.2, 0.25) is 5.02 Å². The number of amides is 1. The van der Waals surface area contributed by atoms with Gasteiger partial charge in [0.25, 0.3) is 0 Å². The number of nitrogens with zero attached hydrogens (tertiary/aromatic N) is 1. The molecule has 0 unspecified atom stereocenters. The molecule has 0 aliphatic rings. The van der Waals surface area contributed by atoms with Crippen LogP contribution in [0.25, 0.3) is 0 Å². The van der Waals surface area contributed by atoms with Crippen molar-refractivity contribution < 1.29 is 4.79 Å². The average Bonchev–Trinajstić information content (AvgIpc) is 2.39. The largest absolute Gasteiger partial charge is 0.399 e. The summed E-state index contributed by atoms with van der Waals surface area (Å²) < 4.78 is 0. The maximum absolute atomic E-state index is 12.1. The quantitative estimate of drug-likeness (QED) is 0.617. The number of anilines is 1. The Hall–Kier alpha value is -0.870. The Kier molecular flexibility index (Phi) is 7.10. The first-order valence-electron chi connectivity index (χ1n) is 6.54. The van der Waals surface area contributed by atoms with Crippen molar-refractivity contribution in [2.24, 2.45) is 0 Å². The molecule has 1 aromatic rings. The molecule has 0 aliphatic carbocycles. The molecule has 1 rings (SSSR count). The van der Waals surface area contributed by atoms with Crippen LogP contribution in [0, 0.1) is 0 Å². The summed E-state index contributed by atoms with van der Waals surface area (Å²) in [6.07, 6.45) is 1.96. The first-order chi connectivity index (χ1) is 9.08. The minimum atomic E-state index is 0.159. The molecule has 0 aliphatic heterocycles. The maximum Gasteiger partial charge on any atom is 0.232 e. The van der Waals surface area contributed by atoms with Gasteiger partial charge in [-0.2, -0.15) is 0 Å². The summed E-state index contributed by atoms with van der Waals surface area (Å²) in [6.45, 7) is 5.80. The van der Waals surface area contributed by atoms with E-state index in [1.807, 2.05) is 11.0 Å². The number of nitrogens with two attached hydrogens (primary N) is 1. The minimum Gasteiger partial charge on any atom is -0.399 e. The van der Waals surface area contributed by atoms with Gasteiger partial charge in [0.05, 0.1) is 10.8 Å². The first kappa shape index (κ1) is 16.2. The van der Waals surface area contributed by atoms with Gasteiger partial charge in [-0.3, -0.25) is 4.79 Å². The van der Waals surface area contributed by atoms with Gasteiger partial charge in [-0.15, -0.1) is 11.8 Å². The van der Waals surface area contributed by atoms with Gasteiger partial charge in [-0.05, 0) is 31.0 Å². The summed E-state index contributed by atoms with van der Waals surface area (Å²) in [7, 11) is 0. The monoisotopic (exact) mass is 300 g/mol. The van der Waals surface area contributed by atoms with Gasteiger partial charge in [0.2, 0.25) is 5.91 Å². The van der Waals surface area contributed by atoms with Crippen molar-refractivity contribution in [3.63, 3.8) is 0 Å². The topological polar surface area (TPSA) is 46.3 Å². The number of rotatable bonds is 7. The fourth-order valence-corrected chi connectivity index (χ4v) is 2.93. The Bertz CT molecular complexity index is 420. The molecule has 19 heavy (non-hydrogen) atoms. The predicted octanol–water partition coefficient (Wildman–Crippen LogP) is 3.66. The summed E-state index contributed by atoms with van der Waals surface area (Å²) in [6, 6.07) is 5.33. The highest BCUT2D eigenvalue weighted by Gasteiger charge is 2.13. The third-order valence-electron chi connectivity index (χ3n) is 2.65. The number of hydrogen-bond donors (Lipinski definition) is 1. The molecule has 0 fully saturated rings. The van der Waals surface area contributed by atoms with Crippen molar-refractivity contribution in [3.05, 3.63) is 23.2 Å². The Labute approximate surface area is 124 Å². The number of carbonyl (C=O) groups excluding carboxylic acids is 1. The Morgan fingerprint density at radius 2 is 1.95 bits per heavy atom. The number of halogens is 1. The number of carbonyl (C=O) groups is 1. The molecule has 106 valence electrons. The molecule has 0 radical (unpaired) electrons. The van der Waals surface area contributed by atoms with Crippen LogP contribution in [0.4, 0.5) is 5.69 Å². The van der Waals surface area contributed by atoms with Crippen LogP contribution >= 0.6 is 23.4 Å². The van der Waals surface area contributed by atoms with E-state index in [2.05, 4.69) is 13.8 Å². The van der Waals surface area contributed by atoms with Crippen molar-refractivity contribution in [1.29, 1.82) is 0 Å². The van der Waals surface area contributed by atoms with Gasteiger partial charge >= 0.3 is 0 Å². The molecule has 1 amide bonds. The van der Waals surface area contributed by atoms with Gasteiger partial charge < -0.3 is 10.6 Å². The number of nitrogen functional groups attached to an aromatic ring is 1. The van der Waals surface area contributed by atoms with Gasteiger partial charge in [0.15, 0.2) is 0 Å². The Balaban J connectivity index is 2.59. The molecule has 0 aromatic heterocycles. The molecule has 3 nitrogen and oxygen atoms in total. The van der Waals surface area contributed by atoms with Crippen LogP contribution in [-0.2, 0) is 4.79 Å². The lowest BCUT2D eigenvalue weighted by Gasteiger charge is -2.21.